The first-order valence-electron chi connectivity index (χ1n) is 9.53. The summed E-state index contributed by atoms with van der Waals surface area (Å²) in [5.41, 5.74) is 2.67. The van der Waals surface area contributed by atoms with Gasteiger partial charge in [-0.25, -0.2) is 0 Å². The predicted molar refractivity (Wildman–Crippen MR) is 113 cm³/mol. The van der Waals surface area contributed by atoms with E-state index in [1.165, 1.54) is 0 Å². The molecular formula is C22H26ClN3O2. The zero-order chi connectivity index (χ0) is 20.1. The fraction of sp³-hybridized carbons (Fsp3) is 0.364. The summed E-state index contributed by atoms with van der Waals surface area (Å²) in [7, 11) is 3.99. The highest BCUT2D eigenvalue weighted by Crippen LogP contribution is 2.22. The van der Waals surface area contributed by atoms with Crippen LogP contribution in [0.4, 0.5) is 5.69 Å². The van der Waals surface area contributed by atoms with Gasteiger partial charge in [0.1, 0.15) is 0 Å². The minimum Gasteiger partial charge on any atom is -0.378 e. The van der Waals surface area contributed by atoms with Gasteiger partial charge < -0.3 is 15.1 Å². The van der Waals surface area contributed by atoms with Crippen LogP contribution in [-0.4, -0.2) is 43.9 Å². The highest BCUT2D eigenvalue weighted by atomic mass is 35.5. The van der Waals surface area contributed by atoms with Gasteiger partial charge in [-0.05, 0) is 42.7 Å². The van der Waals surface area contributed by atoms with Crippen LogP contribution in [0.2, 0.25) is 5.02 Å². The number of benzene rings is 2. The first kappa shape index (κ1) is 20.2. The van der Waals surface area contributed by atoms with Crippen molar-refractivity contribution >= 4 is 29.1 Å². The minimum atomic E-state index is -0.193. The van der Waals surface area contributed by atoms with Crippen molar-refractivity contribution in [3.63, 3.8) is 0 Å². The van der Waals surface area contributed by atoms with Crippen molar-refractivity contribution in [3.8, 4) is 0 Å². The van der Waals surface area contributed by atoms with Crippen LogP contribution >= 0.6 is 11.6 Å². The van der Waals surface area contributed by atoms with Crippen molar-refractivity contribution in [1.29, 1.82) is 0 Å². The van der Waals surface area contributed by atoms with Crippen LogP contribution in [0.3, 0.4) is 0 Å². The standard InChI is InChI=1S/C22H26ClN3O2/c1-25(2)18-11-9-16(10-12-18)14-24-21(27)17-6-5-13-26(15-17)22(28)19-7-3-4-8-20(19)23/h3-4,7-12,17H,5-6,13-15H2,1-2H3,(H,24,27). The SMILES string of the molecule is CN(C)c1ccc(CNC(=O)C2CCCN(C(=O)c3ccccc3Cl)C2)cc1. The van der Waals surface area contributed by atoms with Crippen LogP contribution in [0, 0.1) is 5.92 Å². The molecule has 3 rings (SSSR count). The Hall–Kier alpha value is -2.53. The Morgan fingerprint density at radius 1 is 1.14 bits per heavy atom. The van der Waals surface area contributed by atoms with E-state index >= 15 is 0 Å². The molecular weight excluding hydrogens is 374 g/mol. The van der Waals surface area contributed by atoms with Gasteiger partial charge in [0.2, 0.25) is 5.91 Å². The second kappa shape index (κ2) is 9.11. The molecule has 1 saturated heterocycles. The van der Waals surface area contributed by atoms with E-state index in [1.807, 2.05) is 43.3 Å². The number of amides is 2. The van der Waals surface area contributed by atoms with Crippen LogP contribution in [0.25, 0.3) is 0 Å². The minimum absolute atomic E-state index is 0.00616. The van der Waals surface area contributed by atoms with Crippen LogP contribution in [-0.2, 0) is 11.3 Å². The number of likely N-dealkylation sites (tertiary alicyclic amines) is 1. The quantitative estimate of drug-likeness (QED) is 0.836. The molecule has 1 aliphatic heterocycles. The summed E-state index contributed by atoms with van der Waals surface area (Å²) in [5, 5.41) is 3.46. The third kappa shape index (κ3) is 4.84. The monoisotopic (exact) mass is 399 g/mol. The van der Waals surface area contributed by atoms with Gasteiger partial charge in [-0.2, -0.15) is 0 Å². The molecule has 1 atom stereocenters. The van der Waals surface area contributed by atoms with Crippen molar-refractivity contribution < 1.29 is 9.59 Å². The summed E-state index contributed by atoms with van der Waals surface area (Å²) in [6, 6.07) is 15.1. The van der Waals surface area contributed by atoms with E-state index in [9.17, 15) is 9.59 Å². The van der Waals surface area contributed by atoms with E-state index in [0.717, 1.165) is 24.1 Å². The van der Waals surface area contributed by atoms with Crippen LogP contribution in [0.1, 0.15) is 28.8 Å². The average molecular weight is 400 g/mol. The number of rotatable bonds is 5. The van der Waals surface area contributed by atoms with Gasteiger partial charge in [-0.3, -0.25) is 9.59 Å². The van der Waals surface area contributed by atoms with E-state index in [1.54, 1.807) is 29.2 Å². The van der Waals surface area contributed by atoms with Crippen molar-refractivity contribution in [3.05, 3.63) is 64.7 Å². The second-order valence-electron chi connectivity index (χ2n) is 7.35. The highest BCUT2D eigenvalue weighted by Gasteiger charge is 2.29. The molecule has 2 amide bonds. The van der Waals surface area contributed by atoms with Gasteiger partial charge in [0.15, 0.2) is 0 Å². The number of halogens is 1. The Bertz CT molecular complexity index is 836. The molecule has 5 nitrogen and oxygen atoms in total. The van der Waals surface area contributed by atoms with Gasteiger partial charge in [-0.15, -0.1) is 0 Å². The lowest BCUT2D eigenvalue weighted by atomic mass is 9.96. The molecule has 1 aliphatic rings. The molecule has 0 spiro atoms. The zero-order valence-electron chi connectivity index (χ0n) is 16.3. The highest BCUT2D eigenvalue weighted by molar-refractivity contribution is 6.33. The molecule has 6 heteroatoms. The van der Waals surface area contributed by atoms with Gasteiger partial charge in [0.25, 0.3) is 5.91 Å². The van der Waals surface area contributed by atoms with E-state index in [0.29, 0.717) is 30.2 Å². The van der Waals surface area contributed by atoms with E-state index < -0.39 is 0 Å². The first-order valence-corrected chi connectivity index (χ1v) is 9.91. The molecule has 148 valence electrons. The second-order valence-corrected chi connectivity index (χ2v) is 7.76. The number of nitrogens with zero attached hydrogens (tertiary/aromatic N) is 2. The maximum atomic E-state index is 12.8. The van der Waals surface area contributed by atoms with Crippen molar-refractivity contribution in [2.45, 2.75) is 19.4 Å². The molecule has 0 saturated carbocycles. The molecule has 1 N–H and O–H groups in total. The van der Waals surface area contributed by atoms with E-state index in [2.05, 4.69) is 5.32 Å². The summed E-state index contributed by atoms with van der Waals surface area (Å²) >= 11 is 6.16. The smallest absolute Gasteiger partial charge is 0.255 e. The summed E-state index contributed by atoms with van der Waals surface area (Å²) < 4.78 is 0. The number of hydrogen-bond donors (Lipinski definition) is 1. The molecule has 1 heterocycles. The van der Waals surface area contributed by atoms with Crippen LogP contribution < -0.4 is 10.2 Å². The molecule has 1 unspecified atom stereocenters. The number of piperidine rings is 1. The maximum Gasteiger partial charge on any atom is 0.255 e. The maximum absolute atomic E-state index is 12.8. The topological polar surface area (TPSA) is 52.7 Å². The Kier molecular flexibility index (Phi) is 6.57. The summed E-state index contributed by atoms with van der Waals surface area (Å²) in [6.07, 6.45) is 1.60. The van der Waals surface area contributed by atoms with Gasteiger partial charge in [-0.1, -0.05) is 35.9 Å². The summed E-state index contributed by atoms with van der Waals surface area (Å²) in [4.78, 5) is 29.2. The fourth-order valence-electron chi connectivity index (χ4n) is 3.43. The lowest BCUT2D eigenvalue weighted by Gasteiger charge is -2.32. The van der Waals surface area contributed by atoms with Crippen LogP contribution in [0.15, 0.2) is 48.5 Å². The Morgan fingerprint density at radius 2 is 1.86 bits per heavy atom. The zero-order valence-corrected chi connectivity index (χ0v) is 17.1. The molecule has 0 aromatic heterocycles. The van der Waals surface area contributed by atoms with Gasteiger partial charge in [0, 0.05) is 39.4 Å². The molecule has 0 bridgehead atoms. The number of carbonyl (C=O) groups is 2. The van der Waals surface area contributed by atoms with Gasteiger partial charge >= 0.3 is 0 Å². The molecule has 0 aliphatic carbocycles. The third-order valence-corrected chi connectivity index (χ3v) is 5.43. The molecule has 0 radical (unpaired) electrons. The van der Waals surface area contributed by atoms with Crippen molar-refractivity contribution in [2.75, 3.05) is 32.1 Å². The summed E-state index contributed by atoms with van der Waals surface area (Å²) in [6.45, 7) is 1.57. The van der Waals surface area contributed by atoms with Crippen molar-refractivity contribution in [1.82, 2.24) is 10.2 Å². The number of carbonyl (C=O) groups excluding carboxylic acids is 2. The van der Waals surface area contributed by atoms with Crippen molar-refractivity contribution in [2.24, 2.45) is 5.92 Å². The molecule has 2 aromatic rings. The average Bonchev–Trinajstić information content (AvgIpc) is 2.72. The predicted octanol–water partition coefficient (Wildman–Crippen LogP) is 3.57. The Morgan fingerprint density at radius 3 is 2.54 bits per heavy atom. The van der Waals surface area contributed by atoms with Crippen LogP contribution in [0.5, 0.6) is 0 Å². The molecule has 1 fully saturated rings. The lowest BCUT2D eigenvalue weighted by molar-refractivity contribution is -0.126. The van der Waals surface area contributed by atoms with E-state index in [-0.39, 0.29) is 17.7 Å². The van der Waals surface area contributed by atoms with E-state index in [4.69, 9.17) is 11.6 Å². The Labute approximate surface area is 171 Å². The van der Waals surface area contributed by atoms with Gasteiger partial charge in [0.05, 0.1) is 16.5 Å². The largest absolute Gasteiger partial charge is 0.378 e. The lowest BCUT2D eigenvalue weighted by Crippen LogP contribution is -2.45. The Balaban J connectivity index is 1.57. The number of anilines is 1. The molecule has 2 aromatic carbocycles. The summed E-state index contributed by atoms with van der Waals surface area (Å²) in [5.74, 6) is -0.308. The number of nitrogens with one attached hydrogen (secondary N) is 1. The third-order valence-electron chi connectivity index (χ3n) is 5.10. The normalized spacial score (nSPS) is 16.5. The number of hydrogen-bond acceptors (Lipinski definition) is 3. The first-order chi connectivity index (χ1) is 13.5. The molecule has 28 heavy (non-hydrogen) atoms. The fourth-order valence-corrected chi connectivity index (χ4v) is 3.64.